The van der Waals surface area contributed by atoms with Crippen molar-refractivity contribution in [2.45, 2.75) is 18.2 Å². The van der Waals surface area contributed by atoms with Crippen molar-refractivity contribution in [3.8, 4) is 0 Å². The molecule has 0 unspecified atom stereocenters. The highest BCUT2D eigenvalue weighted by atomic mass is 32.2. The maximum Gasteiger partial charge on any atom is 0.288 e. The Labute approximate surface area is 126 Å². The molecule has 0 spiro atoms. The smallest absolute Gasteiger partial charge is 0.288 e. The lowest BCUT2D eigenvalue weighted by atomic mass is 10.2. The van der Waals surface area contributed by atoms with E-state index in [1.165, 1.54) is 12.1 Å². The fraction of sp³-hybridized carbons (Fsp3) is 0.333. The zero-order valence-electron chi connectivity index (χ0n) is 11.9. The first kappa shape index (κ1) is 15.9. The van der Waals surface area contributed by atoms with E-state index in [1.54, 1.807) is 6.92 Å². The van der Waals surface area contributed by atoms with E-state index in [4.69, 9.17) is 4.52 Å². The van der Waals surface area contributed by atoms with Gasteiger partial charge in [-0.15, -0.1) is 0 Å². The monoisotopic (exact) mass is 326 g/mol. The molecule has 9 nitrogen and oxygen atoms in total. The highest BCUT2D eigenvalue weighted by Gasteiger charge is 2.22. The lowest BCUT2D eigenvalue weighted by Gasteiger charge is -2.07. The van der Waals surface area contributed by atoms with Crippen molar-refractivity contribution in [2.24, 2.45) is 0 Å². The topological polar surface area (TPSA) is 128 Å². The minimum absolute atomic E-state index is 0.323. The van der Waals surface area contributed by atoms with Crippen LogP contribution in [0.2, 0.25) is 0 Å². The van der Waals surface area contributed by atoms with Crippen molar-refractivity contribution in [3.05, 3.63) is 40.0 Å². The van der Waals surface area contributed by atoms with Crippen LogP contribution in [0, 0.1) is 17.0 Å². The molecule has 2 aromatic rings. The van der Waals surface area contributed by atoms with Crippen LogP contribution in [-0.4, -0.2) is 36.3 Å². The molecule has 10 heteroatoms. The molecule has 0 radical (unpaired) electrons. The normalized spacial score (nSPS) is 11.4. The van der Waals surface area contributed by atoms with E-state index < -0.39 is 20.4 Å². The van der Waals surface area contributed by atoms with Gasteiger partial charge in [-0.1, -0.05) is 5.16 Å². The Morgan fingerprint density at radius 1 is 1.41 bits per heavy atom. The van der Waals surface area contributed by atoms with Gasteiger partial charge in [-0.05, 0) is 19.1 Å². The van der Waals surface area contributed by atoms with Gasteiger partial charge >= 0.3 is 0 Å². The molecule has 22 heavy (non-hydrogen) atoms. The molecule has 0 bridgehead atoms. The van der Waals surface area contributed by atoms with Crippen LogP contribution in [0.1, 0.15) is 11.7 Å². The molecule has 0 aliphatic heterocycles. The number of nitrogens with zero attached hydrogens (tertiary/aromatic N) is 3. The van der Waals surface area contributed by atoms with Gasteiger partial charge in [0, 0.05) is 31.0 Å². The number of hydrogen-bond donors (Lipinski definition) is 1. The van der Waals surface area contributed by atoms with Crippen molar-refractivity contribution in [1.29, 1.82) is 0 Å². The number of anilines is 1. The second kappa shape index (κ2) is 6.10. The van der Waals surface area contributed by atoms with Gasteiger partial charge in [0.2, 0.25) is 5.89 Å². The fourth-order valence-corrected chi connectivity index (χ4v) is 2.69. The molecule has 0 amide bonds. The van der Waals surface area contributed by atoms with E-state index in [-0.39, 0.29) is 4.90 Å². The fourth-order valence-electron chi connectivity index (χ4n) is 1.83. The molecule has 0 aliphatic rings. The maximum absolute atomic E-state index is 11.6. The molecule has 1 aromatic heterocycles. The molecule has 0 saturated carbocycles. The van der Waals surface area contributed by atoms with Crippen molar-refractivity contribution >= 4 is 21.2 Å². The number of sulfone groups is 1. The maximum atomic E-state index is 11.6. The molecule has 1 aromatic carbocycles. The Kier molecular flexibility index (Phi) is 4.40. The third-order valence-corrected chi connectivity index (χ3v) is 3.92. The average Bonchev–Trinajstić information content (AvgIpc) is 2.83. The number of nitrogens with one attached hydrogen (secondary N) is 1. The molecule has 0 atom stereocenters. The summed E-state index contributed by atoms with van der Waals surface area (Å²) in [5.41, 5.74) is 0.0165. The Bertz CT molecular complexity index is 800. The number of nitro benzene ring substituents is 1. The number of benzene rings is 1. The van der Waals surface area contributed by atoms with Crippen LogP contribution in [0.4, 0.5) is 11.4 Å². The lowest BCUT2D eigenvalue weighted by molar-refractivity contribution is -0.387. The predicted molar refractivity (Wildman–Crippen MR) is 77.4 cm³/mol. The van der Waals surface area contributed by atoms with Crippen LogP contribution in [0.25, 0.3) is 0 Å². The summed E-state index contributed by atoms with van der Waals surface area (Å²) in [6.45, 7) is 2.12. The molecular weight excluding hydrogens is 312 g/mol. The second-order valence-electron chi connectivity index (χ2n) is 4.62. The second-order valence-corrected chi connectivity index (χ2v) is 6.61. The van der Waals surface area contributed by atoms with E-state index in [9.17, 15) is 18.5 Å². The lowest BCUT2D eigenvalue weighted by Crippen LogP contribution is -2.08. The summed E-state index contributed by atoms with van der Waals surface area (Å²) in [6.07, 6.45) is 1.38. The molecular formula is C12H14N4O5S. The first-order chi connectivity index (χ1) is 10.3. The van der Waals surface area contributed by atoms with Crippen molar-refractivity contribution in [2.75, 3.05) is 18.1 Å². The van der Waals surface area contributed by atoms with E-state index in [2.05, 4.69) is 15.5 Å². The predicted octanol–water partition coefficient (Wildman–Crippen LogP) is 1.34. The van der Waals surface area contributed by atoms with Crippen LogP contribution in [0.15, 0.2) is 27.6 Å². The van der Waals surface area contributed by atoms with E-state index in [0.29, 0.717) is 30.4 Å². The summed E-state index contributed by atoms with van der Waals surface area (Å²) < 4.78 is 28.2. The molecule has 0 fully saturated rings. The number of aryl methyl sites for hydroxylation is 1. The van der Waals surface area contributed by atoms with Crippen LogP contribution < -0.4 is 5.32 Å². The van der Waals surface area contributed by atoms with Crippen molar-refractivity contribution in [3.63, 3.8) is 0 Å². The van der Waals surface area contributed by atoms with Gasteiger partial charge in [0.1, 0.15) is 4.90 Å². The number of aromatic nitrogens is 2. The van der Waals surface area contributed by atoms with Gasteiger partial charge in [-0.3, -0.25) is 10.1 Å². The summed E-state index contributed by atoms with van der Waals surface area (Å²) in [5.74, 6) is 0.986. The third kappa shape index (κ3) is 3.79. The molecule has 118 valence electrons. The summed E-state index contributed by atoms with van der Waals surface area (Å²) in [6, 6.07) is 3.86. The van der Waals surface area contributed by atoms with Gasteiger partial charge < -0.3 is 9.84 Å². The van der Waals surface area contributed by atoms with Gasteiger partial charge in [0.25, 0.3) is 5.69 Å². The summed E-state index contributed by atoms with van der Waals surface area (Å²) in [7, 11) is -3.70. The quantitative estimate of drug-likeness (QED) is 0.622. The number of rotatable bonds is 6. The standard InChI is InChI=1S/C12H14N4O5S/c1-8-14-12(21-15-8)5-6-13-9-3-4-10(16(17)18)11(7-9)22(2,19)20/h3-4,7,13H,5-6H2,1-2H3. The first-order valence-corrected chi connectivity index (χ1v) is 8.18. The van der Waals surface area contributed by atoms with E-state index >= 15 is 0 Å². The van der Waals surface area contributed by atoms with Crippen LogP contribution in [-0.2, 0) is 16.3 Å². The minimum atomic E-state index is -3.70. The van der Waals surface area contributed by atoms with Gasteiger partial charge in [-0.25, -0.2) is 8.42 Å². The van der Waals surface area contributed by atoms with E-state index in [1.807, 2.05) is 0 Å². The van der Waals surface area contributed by atoms with Gasteiger partial charge in [0.15, 0.2) is 15.7 Å². The average molecular weight is 326 g/mol. The van der Waals surface area contributed by atoms with Crippen LogP contribution in [0.3, 0.4) is 0 Å². The van der Waals surface area contributed by atoms with Gasteiger partial charge in [-0.2, -0.15) is 4.98 Å². The molecule has 2 rings (SSSR count). The van der Waals surface area contributed by atoms with Crippen LogP contribution >= 0.6 is 0 Å². The summed E-state index contributed by atoms with van der Waals surface area (Å²) >= 11 is 0. The number of hydrogen-bond acceptors (Lipinski definition) is 8. The minimum Gasteiger partial charge on any atom is -0.384 e. The molecule has 1 heterocycles. The molecule has 0 saturated heterocycles. The highest BCUT2D eigenvalue weighted by molar-refractivity contribution is 7.90. The number of nitro groups is 1. The van der Waals surface area contributed by atoms with Crippen molar-refractivity contribution in [1.82, 2.24) is 10.1 Å². The first-order valence-electron chi connectivity index (χ1n) is 6.29. The molecule has 1 N–H and O–H groups in total. The SMILES string of the molecule is Cc1noc(CCNc2ccc([N+](=O)[O-])c(S(C)(=O)=O)c2)n1. The Morgan fingerprint density at radius 3 is 2.68 bits per heavy atom. The summed E-state index contributed by atoms with van der Waals surface area (Å²) in [4.78, 5) is 13.9. The Balaban J connectivity index is 2.13. The highest BCUT2D eigenvalue weighted by Crippen LogP contribution is 2.26. The van der Waals surface area contributed by atoms with Crippen LogP contribution in [0.5, 0.6) is 0 Å². The van der Waals surface area contributed by atoms with E-state index in [0.717, 1.165) is 12.3 Å². The Hall–Kier alpha value is -2.49. The Morgan fingerprint density at radius 2 is 2.14 bits per heavy atom. The zero-order chi connectivity index (χ0) is 16.3. The van der Waals surface area contributed by atoms with Crippen molar-refractivity contribution < 1.29 is 17.9 Å². The largest absolute Gasteiger partial charge is 0.384 e. The van der Waals surface area contributed by atoms with Gasteiger partial charge in [0.05, 0.1) is 4.92 Å². The summed E-state index contributed by atoms with van der Waals surface area (Å²) in [5, 5.41) is 17.5. The zero-order valence-corrected chi connectivity index (χ0v) is 12.8. The third-order valence-electron chi connectivity index (χ3n) is 2.79. The molecule has 0 aliphatic carbocycles.